The van der Waals surface area contributed by atoms with E-state index in [0.29, 0.717) is 84.4 Å². The fraction of sp³-hybridized carbons (Fsp3) is 0.174. The van der Waals surface area contributed by atoms with Gasteiger partial charge in [0.25, 0.3) is 11.1 Å². The maximum atomic E-state index is 14.5. The van der Waals surface area contributed by atoms with Crippen LogP contribution in [0.15, 0.2) is 94.5 Å². The molecule has 0 fully saturated rings. The summed E-state index contributed by atoms with van der Waals surface area (Å²) in [5, 5.41) is 10.8. The number of fused-ring (bicyclic) bond motifs is 10. The Bertz CT molecular complexity index is 3490. The topological polar surface area (TPSA) is 104 Å². The van der Waals surface area contributed by atoms with E-state index in [9.17, 15) is 14.4 Å². The van der Waals surface area contributed by atoms with Crippen LogP contribution in [0.5, 0.6) is 0 Å². The number of aryl methyl sites for hydroxylation is 1. The van der Waals surface area contributed by atoms with Crippen molar-refractivity contribution in [2.45, 2.75) is 26.2 Å². The SMILES string of the molecule is [CH]CCOCCOCCCC(=O)c1ccc2nc3c4ccc5c6ccc7c8c(ccc(c9ccc(c(=O)n3c2c1)c4c95)c68)c(=O)n1c2ccc(C)cc2nc71. The molecule has 4 heterocycles. The van der Waals surface area contributed by atoms with Crippen LogP contribution < -0.4 is 11.1 Å². The molecule has 0 saturated heterocycles. The van der Waals surface area contributed by atoms with Crippen molar-refractivity contribution < 1.29 is 14.3 Å². The third kappa shape index (κ3) is 4.45. The number of carbonyl (C=O) groups excluding carboxylic acids is 1. The molecule has 266 valence electrons. The van der Waals surface area contributed by atoms with Gasteiger partial charge in [-0.15, -0.1) is 0 Å². The maximum Gasteiger partial charge on any atom is 0.264 e. The van der Waals surface area contributed by atoms with E-state index >= 15 is 0 Å². The van der Waals surface area contributed by atoms with Crippen molar-refractivity contribution in [2.75, 3.05) is 26.4 Å². The fourth-order valence-corrected chi connectivity index (χ4v) is 8.95. The number of hydrogen-bond donors (Lipinski definition) is 0. The van der Waals surface area contributed by atoms with Crippen LogP contribution in [0.3, 0.4) is 0 Å². The molecule has 0 atom stereocenters. The zero-order valence-corrected chi connectivity index (χ0v) is 29.9. The summed E-state index contributed by atoms with van der Waals surface area (Å²) in [5.74, 6) is -0.0181. The molecule has 0 spiro atoms. The number of carbonyl (C=O) groups is 1. The van der Waals surface area contributed by atoms with Crippen molar-refractivity contribution >= 4 is 104 Å². The van der Waals surface area contributed by atoms with Gasteiger partial charge in [0.05, 0.1) is 35.3 Å². The highest BCUT2D eigenvalue weighted by Gasteiger charge is 2.24. The molecule has 0 aliphatic rings. The average molecular weight is 721 g/mol. The van der Waals surface area contributed by atoms with E-state index < -0.39 is 0 Å². The second-order valence-corrected chi connectivity index (χ2v) is 14.5. The summed E-state index contributed by atoms with van der Waals surface area (Å²) < 4.78 is 14.3. The highest BCUT2D eigenvalue weighted by Crippen LogP contribution is 2.45. The molecule has 0 bridgehead atoms. The normalized spacial score (nSPS) is 12.7. The van der Waals surface area contributed by atoms with Crippen LogP contribution in [0.25, 0.3) is 98.0 Å². The van der Waals surface area contributed by atoms with Crippen LogP contribution >= 0.6 is 0 Å². The van der Waals surface area contributed by atoms with E-state index in [-0.39, 0.29) is 16.9 Å². The highest BCUT2D eigenvalue weighted by molar-refractivity contribution is 6.40. The van der Waals surface area contributed by atoms with Crippen LogP contribution in [-0.4, -0.2) is 51.0 Å². The summed E-state index contributed by atoms with van der Waals surface area (Å²) in [7, 11) is 0. The molecule has 7 aromatic carbocycles. The molecule has 55 heavy (non-hydrogen) atoms. The summed E-state index contributed by atoms with van der Waals surface area (Å²) in [5.41, 5.74) is 5.42. The molecule has 0 unspecified atom stereocenters. The first-order valence-corrected chi connectivity index (χ1v) is 18.6. The maximum absolute atomic E-state index is 14.5. The summed E-state index contributed by atoms with van der Waals surface area (Å²) in [6.07, 6.45) is 1.37. The van der Waals surface area contributed by atoms with E-state index in [1.165, 1.54) is 0 Å². The second-order valence-electron chi connectivity index (χ2n) is 14.5. The van der Waals surface area contributed by atoms with Crippen LogP contribution in [0, 0.1) is 13.8 Å². The third-order valence-corrected chi connectivity index (χ3v) is 11.4. The van der Waals surface area contributed by atoms with Gasteiger partial charge in [-0.2, -0.15) is 0 Å². The lowest BCUT2D eigenvalue weighted by molar-refractivity contribution is 0.0476. The molecule has 9 nitrogen and oxygen atoms in total. The lowest BCUT2D eigenvalue weighted by atomic mass is 9.86. The van der Waals surface area contributed by atoms with E-state index in [0.717, 1.165) is 70.5 Å². The van der Waals surface area contributed by atoms with Crippen molar-refractivity contribution in [3.8, 4) is 0 Å². The molecular weight excluding hydrogens is 689 g/mol. The number of ketones is 1. The van der Waals surface area contributed by atoms with Crippen molar-refractivity contribution in [1.82, 2.24) is 18.8 Å². The Balaban J connectivity index is 1.07. The number of rotatable bonds is 10. The standard InChI is InChI=1S/C46H32N4O5/c1-3-18-54-20-21-55-19-4-5-38(51)25-7-16-34-37(23-25)50-43(47-34)30-12-8-26-27-9-13-31-42-32(45(52)49-36-17-6-24(2)22-35(36)48-44(31)49)14-10-28(40(27)42)29-11-15-33(46(50)53)41(30)39(26)29/h1,6-17,22-23H,3-5,18-21H2,2H3. The Morgan fingerprint density at radius 3 is 1.73 bits per heavy atom. The van der Waals surface area contributed by atoms with Gasteiger partial charge in [0.15, 0.2) is 5.78 Å². The zero-order valence-electron chi connectivity index (χ0n) is 29.9. The molecule has 4 aromatic heterocycles. The molecule has 0 saturated carbocycles. The first kappa shape index (κ1) is 32.2. The molecule has 9 heteroatoms. The molecule has 0 aliphatic heterocycles. The predicted molar refractivity (Wildman–Crippen MR) is 219 cm³/mol. The van der Waals surface area contributed by atoms with E-state index in [1.54, 1.807) is 20.9 Å². The van der Waals surface area contributed by atoms with Gasteiger partial charge >= 0.3 is 0 Å². The molecule has 0 amide bonds. The minimum Gasteiger partial charge on any atom is -0.379 e. The molecular formula is C46H32N4O5. The molecule has 0 aliphatic carbocycles. The van der Waals surface area contributed by atoms with Gasteiger partial charge in [0.1, 0.15) is 11.3 Å². The van der Waals surface area contributed by atoms with Crippen molar-refractivity contribution in [2.24, 2.45) is 0 Å². The summed E-state index contributed by atoms with van der Waals surface area (Å²) in [6.45, 7) is 9.34. The minimum absolute atomic E-state index is 0.0181. The van der Waals surface area contributed by atoms with Crippen LogP contribution in [-0.2, 0) is 9.47 Å². The van der Waals surface area contributed by atoms with Gasteiger partial charge in [-0.05, 0) is 119 Å². The monoisotopic (exact) mass is 720 g/mol. The van der Waals surface area contributed by atoms with E-state index in [4.69, 9.17) is 26.4 Å². The molecule has 11 aromatic rings. The lowest BCUT2D eigenvalue weighted by Crippen LogP contribution is -2.14. The first-order valence-electron chi connectivity index (χ1n) is 18.6. The zero-order chi connectivity index (χ0) is 37.1. The Hall–Kier alpha value is -6.29. The quantitative estimate of drug-likeness (QED) is 0.0603. The van der Waals surface area contributed by atoms with Crippen molar-refractivity contribution in [3.63, 3.8) is 0 Å². The lowest BCUT2D eigenvalue weighted by Gasteiger charge is -2.18. The molecule has 11 rings (SSSR count). The number of hydrogen-bond acceptors (Lipinski definition) is 7. The van der Waals surface area contributed by atoms with Gasteiger partial charge in [-0.1, -0.05) is 30.3 Å². The summed E-state index contributed by atoms with van der Waals surface area (Å²) >= 11 is 0. The van der Waals surface area contributed by atoms with Gasteiger partial charge in [-0.25, -0.2) is 9.97 Å². The molecule has 2 radical (unpaired) electrons. The smallest absolute Gasteiger partial charge is 0.264 e. The largest absolute Gasteiger partial charge is 0.379 e. The number of pyridine rings is 2. The van der Waals surface area contributed by atoms with Gasteiger partial charge in [0, 0.05) is 57.5 Å². The van der Waals surface area contributed by atoms with Crippen molar-refractivity contribution in [3.05, 3.63) is 124 Å². The van der Waals surface area contributed by atoms with Crippen LogP contribution in [0.1, 0.15) is 35.2 Å². The van der Waals surface area contributed by atoms with Crippen LogP contribution in [0.4, 0.5) is 0 Å². The summed E-state index contributed by atoms with van der Waals surface area (Å²) in [4.78, 5) is 51.9. The van der Waals surface area contributed by atoms with Gasteiger partial charge in [0.2, 0.25) is 0 Å². The number of Topliss-reactive ketones (excluding diaryl/α,β-unsaturated/α-hetero) is 1. The fourth-order valence-electron chi connectivity index (χ4n) is 8.95. The van der Waals surface area contributed by atoms with Crippen molar-refractivity contribution in [1.29, 1.82) is 0 Å². The van der Waals surface area contributed by atoms with E-state index in [1.807, 2.05) is 55.5 Å². The number of aromatic nitrogens is 4. The minimum atomic E-state index is -0.181. The van der Waals surface area contributed by atoms with Crippen LogP contribution in [0.2, 0.25) is 0 Å². The highest BCUT2D eigenvalue weighted by atomic mass is 16.5. The Labute approximate surface area is 312 Å². The number of benzene rings is 7. The number of imidazole rings is 2. The average Bonchev–Trinajstić information content (AvgIpc) is 3.78. The predicted octanol–water partition coefficient (Wildman–Crippen LogP) is 8.65. The first-order chi connectivity index (χ1) is 26.9. The van der Waals surface area contributed by atoms with E-state index in [2.05, 4.69) is 24.3 Å². The van der Waals surface area contributed by atoms with Gasteiger partial charge < -0.3 is 9.47 Å². The number of ether oxygens (including phenoxy) is 2. The second kappa shape index (κ2) is 11.9. The molecule has 0 N–H and O–H groups in total. The number of nitrogens with zero attached hydrogens (tertiary/aromatic N) is 4. The Morgan fingerprint density at radius 2 is 1.11 bits per heavy atom. The third-order valence-electron chi connectivity index (χ3n) is 11.4. The summed E-state index contributed by atoms with van der Waals surface area (Å²) in [6, 6.07) is 27.7. The van der Waals surface area contributed by atoms with Gasteiger partial charge in [-0.3, -0.25) is 23.2 Å². The Kier molecular flexibility index (Phi) is 6.93. The Morgan fingerprint density at radius 1 is 0.582 bits per heavy atom.